The number of benzene rings is 4. The predicted octanol–water partition coefficient (Wildman–Crippen LogP) is 10.7. The molecule has 2 N–H and O–H groups in total. The number of alkyl halides is 6. The molecule has 4 aromatic carbocycles. The monoisotopic (exact) mass is 742 g/mol. The van der Waals surface area contributed by atoms with E-state index in [1.807, 2.05) is 0 Å². The van der Waals surface area contributed by atoms with E-state index in [0.29, 0.717) is 36.1 Å². The Bertz CT molecular complexity index is 1850. The fraction of sp³-hybridized carbons (Fsp3) is 0.118. The van der Waals surface area contributed by atoms with Crippen LogP contribution < -0.4 is 9.47 Å². The predicted molar refractivity (Wildman–Crippen MR) is 174 cm³/mol. The molecule has 49 heavy (non-hydrogen) atoms. The van der Waals surface area contributed by atoms with E-state index in [1.54, 1.807) is 12.1 Å². The third-order valence-electron chi connectivity index (χ3n) is 6.91. The average Bonchev–Trinajstić information content (AvgIpc) is 3.03. The van der Waals surface area contributed by atoms with E-state index in [1.165, 1.54) is 50.6 Å². The molecular weight excluding hydrogens is 721 g/mol. The minimum Gasteiger partial charge on any atom is -0.496 e. The molecule has 4 aromatic rings. The van der Waals surface area contributed by atoms with E-state index in [9.17, 15) is 46.1 Å². The number of carboxylic acid groups (broad SMARTS) is 2. The summed E-state index contributed by atoms with van der Waals surface area (Å²) in [5.41, 5.74) is -4.43. The average molecular weight is 744 g/mol. The van der Waals surface area contributed by atoms with Gasteiger partial charge in [-0.2, -0.15) is 26.3 Å². The van der Waals surface area contributed by atoms with Crippen molar-refractivity contribution in [2.75, 3.05) is 14.2 Å². The van der Waals surface area contributed by atoms with Crippen molar-refractivity contribution in [1.82, 2.24) is 0 Å². The molecule has 4 rings (SSSR count). The largest absolute Gasteiger partial charge is 0.496 e. The molecule has 0 heterocycles. The molecule has 0 aliphatic rings. The zero-order valence-corrected chi connectivity index (χ0v) is 27.4. The number of carboxylic acids is 2. The molecule has 0 amide bonds. The van der Waals surface area contributed by atoms with Gasteiger partial charge in [-0.1, -0.05) is 71.4 Å². The molecule has 0 unspecified atom stereocenters. The summed E-state index contributed by atoms with van der Waals surface area (Å²) in [5, 5.41) is 16.6. The summed E-state index contributed by atoms with van der Waals surface area (Å²) < 4.78 is 99.2. The molecule has 0 atom stereocenters. The molecule has 0 aromatic heterocycles. The molecule has 0 spiro atoms. The summed E-state index contributed by atoms with van der Waals surface area (Å²) in [6.07, 6.45) is -7.96. The lowest BCUT2D eigenvalue weighted by atomic mass is 9.93. The van der Waals surface area contributed by atoms with Gasteiger partial charge in [0.25, 0.3) is 0 Å². The van der Waals surface area contributed by atoms with Gasteiger partial charge >= 0.3 is 24.3 Å². The molecule has 0 saturated carbocycles. The Morgan fingerprint density at radius 2 is 1.00 bits per heavy atom. The van der Waals surface area contributed by atoms with Gasteiger partial charge < -0.3 is 19.7 Å². The van der Waals surface area contributed by atoms with Crippen molar-refractivity contribution in [3.8, 4) is 33.8 Å². The lowest BCUT2D eigenvalue weighted by Crippen LogP contribution is -2.12. The Kier molecular flexibility index (Phi) is 11.3. The Balaban J connectivity index is 2.15. The van der Waals surface area contributed by atoms with E-state index in [4.69, 9.17) is 32.7 Å². The van der Waals surface area contributed by atoms with Gasteiger partial charge in [-0.05, 0) is 58.7 Å². The van der Waals surface area contributed by atoms with Gasteiger partial charge in [-0.25, -0.2) is 9.59 Å². The number of hydrogen-bond donors (Lipinski definition) is 2. The van der Waals surface area contributed by atoms with Crippen LogP contribution in [0.3, 0.4) is 0 Å². The van der Waals surface area contributed by atoms with Crippen LogP contribution in [0.5, 0.6) is 11.5 Å². The highest BCUT2D eigenvalue weighted by atomic mass is 35.5. The zero-order chi connectivity index (χ0) is 36.3. The van der Waals surface area contributed by atoms with Crippen molar-refractivity contribution in [3.63, 3.8) is 0 Å². The van der Waals surface area contributed by atoms with Gasteiger partial charge in [-0.15, -0.1) is 0 Å². The molecule has 0 saturated heterocycles. The fourth-order valence-electron chi connectivity index (χ4n) is 4.95. The second-order valence-corrected chi connectivity index (χ2v) is 11.7. The topological polar surface area (TPSA) is 93.1 Å². The first-order valence-corrected chi connectivity index (χ1v) is 15.2. The molecule has 0 aliphatic heterocycles. The van der Waals surface area contributed by atoms with Crippen LogP contribution in [0.2, 0.25) is 10.0 Å². The van der Waals surface area contributed by atoms with Crippen molar-refractivity contribution in [3.05, 3.63) is 105 Å². The van der Waals surface area contributed by atoms with Gasteiger partial charge in [0.05, 0.1) is 35.4 Å². The minimum atomic E-state index is -5.18. The van der Waals surface area contributed by atoms with E-state index in [0.717, 1.165) is 12.1 Å². The molecule has 15 heteroatoms. The van der Waals surface area contributed by atoms with Crippen LogP contribution in [0.25, 0.3) is 34.4 Å². The number of hydrogen-bond acceptors (Lipinski definition) is 5. The number of ether oxygens (including phenoxy) is 2. The zero-order valence-electron chi connectivity index (χ0n) is 25.0. The third-order valence-corrected chi connectivity index (χ3v) is 9.00. The maximum atomic E-state index is 14.8. The maximum absolute atomic E-state index is 14.8. The number of aliphatic carboxylic acids is 2. The summed E-state index contributed by atoms with van der Waals surface area (Å²) in [5.74, 6) is -2.91. The molecule has 6 nitrogen and oxygen atoms in total. The van der Waals surface area contributed by atoms with Crippen LogP contribution in [0, 0.1) is 0 Å². The van der Waals surface area contributed by atoms with E-state index >= 15 is 0 Å². The number of methoxy groups -OCH3 is 2. The van der Waals surface area contributed by atoms with E-state index < -0.39 is 66.4 Å². The summed E-state index contributed by atoms with van der Waals surface area (Å²) in [6.45, 7) is 0. The number of halogens is 8. The van der Waals surface area contributed by atoms with Gasteiger partial charge in [-0.3, -0.25) is 0 Å². The van der Waals surface area contributed by atoms with Crippen LogP contribution in [-0.2, 0) is 21.9 Å². The second kappa shape index (κ2) is 14.9. The Morgan fingerprint density at radius 1 is 0.653 bits per heavy atom. The van der Waals surface area contributed by atoms with E-state index in [-0.39, 0.29) is 33.8 Å². The fourth-order valence-corrected chi connectivity index (χ4v) is 6.69. The quantitative estimate of drug-likeness (QED) is 0.123. The van der Waals surface area contributed by atoms with Crippen LogP contribution >= 0.6 is 35.0 Å². The van der Waals surface area contributed by atoms with Crippen LogP contribution in [-0.4, -0.2) is 36.4 Å². The summed E-state index contributed by atoms with van der Waals surface area (Å²) in [6, 6.07) is 14.1. The van der Waals surface area contributed by atoms with Gasteiger partial charge in [0.1, 0.15) is 11.5 Å². The number of rotatable bonds is 10. The summed E-state index contributed by atoms with van der Waals surface area (Å²) >= 11 is 13.2. The summed E-state index contributed by atoms with van der Waals surface area (Å²) in [4.78, 5) is 22.0. The first kappa shape index (κ1) is 37.2. The smallest absolute Gasteiger partial charge is 0.418 e. The SMILES string of the molecule is COc1ccccc1-c1cc(Sc2cc(-c3ccccc3OC)c(/C=C/C(=O)O)c(C(F)(F)F)c2Cl)c(Cl)c(C(F)(F)F)c1/C=C/C(=O)O. The van der Waals surface area contributed by atoms with Gasteiger partial charge in [0, 0.05) is 33.1 Å². The molecule has 256 valence electrons. The van der Waals surface area contributed by atoms with Crippen molar-refractivity contribution < 1.29 is 55.6 Å². The third kappa shape index (κ3) is 8.18. The maximum Gasteiger partial charge on any atom is 0.418 e. The summed E-state index contributed by atoms with van der Waals surface area (Å²) in [7, 11) is 2.53. The Hall–Kier alpha value is -4.59. The lowest BCUT2D eigenvalue weighted by Gasteiger charge is -2.23. The highest BCUT2D eigenvalue weighted by Gasteiger charge is 2.40. The van der Waals surface area contributed by atoms with Gasteiger partial charge in [0.15, 0.2) is 0 Å². The Morgan fingerprint density at radius 3 is 1.31 bits per heavy atom. The highest BCUT2D eigenvalue weighted by molar-refractivity contribution is 7.99. The first-order chi connectivity index (χ1) is 23.0. The van der Waals surface area contributed by atoms with Crippen LogP contribution in [0.4, 0.5) is 26.3 Å². The van der Waals surface area contributed by atoms with Crippen LogP contribution in [0.1, 0.15) is 22.3 Å². The molecular formula is C34H22Cl2F6O6S. The molecule has 0 fully saturated rings. The molecule has 0 bridgehead atoms. The highest BCUT2D eigenvalue weighted by Crippen LogP contribution is 2.53. The number of para-hydroxylation sites is 2. The first-order valence-electron chi connectivity index (χ1n) is 13.6. The van der Waals surface area contributed by atoms with Crippen molar-refractivity contribution in [2.45, 2.75) is 22.1 Å². The molecule has 0 radical (unpaired) electrons. The lowest BCUT2D eigenvalue weighted by molar-refractivity contribution is -0.138. The van der Waals surface area contributed by atoms with E-state index in [2.05, 4.69) is 0 Å². The van der Waals surface area contributed by atoms with Gasteiger partial charge in [0.2, 0.25) is 0 Å². The second-order valence-electron chi connectivity index (χ2n) is 9.89. The standard InChI is InChI=1S/C34H22Cl2F6O6S/c1-47-23-9-5-3-7-17(23)21-15-25(31(35)29(33(37,38)39)19(21)11-13-27(43)44)49-26-16-22(18-8-4-6-10-24(18)48-2)20(12-14-28(45)46)30(32(26)36)34(40,41)42/h3-16H,1-2H3,(H,43,44)(H,45,46)/b13-11+,14-12+. The number of carbonyl (C=O) groups is 2. The van der Waals surface area contributed by atoms with Crippen molar-refractivity contribution in [1.29, 1.82) is 0 Å². The van der Waals surface area contributed by atoms with Crippen LogP contribution in [0.15, 0.2) is 82.6 Å². The minimum absolute atomic E-state index is 0.0880. The Labute approximate surface area is 289 Å². The molecule has 0 aliphatic carbocycles. The normalized spacial score (nSPS) is 12.1. The van der Waals surface area contributed by atoms with Crippen molar-refractivity contribution >= 4 is 59.1 Å². The van der Waals surface area contributed by atoms with Crippen molar-refractivity contribution in [2.24, 2.45) is 0 Å².